The Morgan fingerprint density at radius 3 is 1.60 bits per heavy atom. The van der Waals surface area contributed by atoms with E-state index >= 15 is 0 Å². The number of carboxylic acids is 2. The Labute approximate surface area is 261 Å². The van der Waals surface area contributed by atoms with E-state index in [1.54, 1.807) is 13.0 Å². The number of rotatable bonds is 27. The molecular formula is C34H64O9. The lowest BCUT2D eigenvalue weighted by molar-refractivity contribution is -0.139. The Morgan fingerprint density at radius 2 is 1.12 bits per heavy atom. The minimum atomic E-state index is -0.913. The minimum absolute atomic E-state index is 0.116. The van der Waals surface area contributed by atoms with Gasteiger partial charge in [-0.2, -0.15) is 0 Å². The van der Waals surface area contributed by atoms with Crippen molar-refractivity contribution in [2.24, 2.45) is 0 Å². The van der Waals surface area contributed by atoms with Crippen LogP contribution in [0.25, 0.3) is 0 Å². The Bertz CT molecular complexity index is 671. The highest BCUT2D eigenvalue weighted by atomic mass is 16.4. The van der Waals surface area contributed by atoms with Gasteiger partial charge in [-0.3, -0.25) is 14.4 Å². The van der Waals surface area contributed by atoms with E-state index in [1.165, 1.54) is 31.8 Å². The molecule has 0 saturated heterocycles. The van der Waals surface area contributed by atoms with Crippen molar-refractivity contribution >= 4 is 23.5 Å². The van der Waals surface area contributed by atoms with E-state index in [9.17, 15) is 29.4 Å². The first kappa shape index (κ1) is 45.3. The minimum Gasteiger partial charge on any atom is -0.481 e. The summed E-state index contributed by atoms with van der Waals surface area (Å²) in [6.45, 7) is 5.37. The molecule has 0 aromatic rings. The molecule has 1 unspecified atom stereocenters. The van der Waals surface area contributed by atoms with Gasteiger partial charge in [0.15, 0.2) is 5.78 Å². The lowest BCUT2D eigenvalue weighted by atomic mass is 10.1. The van der Waals surface area contributed by atoms with E-state index in [0.717, 1.165) is 89.9 Å². The van der Waals surface area contributed by atoms with Crippen LogP contribution in [0, 0.1) is 0 Å². The van der Waals surface area contributed by atoms with Crippen molar-refractivity contribution in [1.82, 2.24) is 0 Å². The first-order valence-corrected chi connectivity index (χ1v) is 16.6. The molecule has 0 rings (SSSR count). The Kier molecular flexibility index (Phi) is 38.0. The Hall–Kier alpha value is -2.10. The highest BCUT2D eigenvalue weighted by Crippen LogP contribution is 2.11. The monoisotopic (exact) mass is 616 g/mol. The maximum absolute atomic E-state index is 10.7. The number of carboxylic acid groups (broad SMARTS) is 2. The van der Waals surface area contributed by atoms with Crippen molar-refractivity contribution in [1.29, 1.82) is 0 Å². The highest BCUT2D eigenvalue weighted by Gasteiger charge is 2.08. The van der Waals surface area contributed by atoms with Gasteiger partial charge in [-0.25, -0.2) is 0 Å². The zero-order valence-electron chi connectivity index (χ0n) is 27.4. The Morgan fingerprint density at radius 1 is 0.628 bits per heavy atom. The van der Waals surface area contributed by atoms with Gasteiger partial charge in [0.2, 0.25) is 0 Å². The molecule has 0 aliphatic rings. The lowest BCUT2D eigenvalue weighted by Crippen LogP contribution is -2.12. The number of aliphatic hydroxyl groups excluding tert-OH is 3. The molecule has 0 aliphatic carbocycles. The molecule has 0 aromatic carbocycles. The van der Waals surface area contributed by atoms with E-state index in [4.69, 9.17) is 15.3 Å². The number of aliphatic carboxylic acids is 2. The second kappa shape index (κ2) is 36.1. The zero-order chi connectivity index (χ0) is 33.1. The molecule has 0 radical (unpaired) electrons. The summed E-state index contributed by atoms with van der Waals surface area (Å²) in [7, 11) is 0. The van der Waals surface area contributed by atoms with E-state index < -0.39 is 24.6 Å². The molecule has 2 atom stereocenters. The molecule has 43 heavy (non-hydrogen) atoms. The van der Waals surface area contributed by atoms with Gasteiger partial charge >= 0.3 is 11.9 Å². The summed E-state index contributed by atoms with van der Waals surface area (Å²) in [5, 5.41) is 43.7. The predicted molar refractivity (Wildman–Crippen MR) is 172 cm³/mol. The molecule has 0 amide bonds. The standard InChI is InChI=1S/C12H22O3.C11H20O3.C11H22O3/c1-2-11(14)8-6-4-3-5-7-9-12(15)10-13;1-10(12)8-6-4-2-3-5-7-9-11(13)14;1-2-3-4-5-6-7-8-10(12)9-11(13)14/h7,9,11,13-14H,2-6,8,10H2,1H3;2-9H2,1H3,(H,13,14);10,12H,2-9H2,1H3,(H,13,14)/b9-7+;;/t11-;;/m0../s1. The summed E-state index contributed by atoms with van der Waals surface area (Å²) in [5.41, 5.74) is 0. The van der Waals surface area contributed by atoms with Gasteiger partial charge in [0, 0.05) is 12.8 Å². The van der Waals surface area contributed by atoms with Crippen molar-refractivity contribution < 1.29 is 44.7 Å². The molecule has 0 bridgehead atoms. The van der Waals surface area contributed by atoms with Gasteiger partial charge in [0.1, 0.15) is 12.4 Å². The van der Waals surface area contributed by atoms with Gasteiger partial charge in [-0.15, -0.1) is 0 Å². The molecular weight excluding hydrogens is 552 g/mol. The van der Waals surface area contributed by atoms with Crippen LogP contribution in [-0.4, -0.2) is 67.9 Å². The summed E-state index contributed by atoms with van der Waals surface area (Å²) in [5.74, 6) is -1.60. The number of carbonyl (C=O) groups excluding carboxylic acids is 2. The molecule has 0 aromatic heterocycles. The average Bonchev–Trinajstić information content (AvgIpc) is 2.95. The molecule has 0 aliphatic heterocycles. The van der Waals surface area contributed by atoms with Gasteiger partial charge in [-0.05, 0) is 57.9 Å². The fourth-order valence-electron chi connectivity index (χ4n) is 4.11. The second-order valence-electron chi connectivity index (χ2n) is 11.3. The average molecular weight is 617 g/mol. The Balaban J connectivity index is -0.000000559. The molecule has 5 N–H and O–H groups in total. The van der Waals surface area contributed by atoms with E-state index in [0.29, 0.717) is 12.8 Å². The van der Waals surface area contributed by atoms with Gasteiger partial charge in [-0.1, -0.05) is 97.0 Å². The molecule has 254 valence electrons. The smallest absolute Gasteiger partial charge is 0.305 e. The third-order valence-corrected chi connectivity index (χ3v) is 6.81. The first-order valence-electron chi connectivity index (χ1n) is 16.6. The predicted octanol–water partition coefficient (Wildman–Crippen LogP) is 7.18. The number of hydrogen-bond donors (Lipinski definition) is 5. The van der Waals surface area contributed by atoms with Crippen LogP contribution in [0.5, 0.6) is 0 Å². The van der Waals surface area contributed by atoms with E-state index in [2.05, 4.69) is 6.92 Å². The molecule has 0 heterocycles. The number of hydrogen-bond acceptors (Lipinski definition) is 7. The van der Waals surface area contributed by atoms with Crippen LogP contribution in [0.1, 0.15) is 162 Å². The fraction of sp³-hybridized carbons (Fsp3) is 0.824. The summed E-state index contributed by atoms with van der Waals surface area (Å²) in [6, 6.07) is 0. The van der Waals surface area contributed by atoms with Crippen molar-refractivity contribution in [2.45, 2.75) is 174 Å². The molecule has 0 fully saturated rings. The first-order chi connectivity index (χ1) is 20.5. The summed E-state index contributed by atoms with van der Waals surface area (Å²) < 4.78 is 0. The van der Waals surface area contributed by atoms with Crippen LogP contribution >= 0.6 is 0 Å². The van der Waals surface area contributed by atoms with Gasteiger partial charge in [0.05, 0.1) is 18.6 Å². The highest BCUT2D eigenvalue weighted by molar-refractivity contribution is 5.90. The van der Waals surface area contributed by atoms with Gasteiger partial charge in [0.25, 0.3) is 0 Å². The molecule has 9 nitrogen and oxygen atoms in total. The van der Waals surface area contributed by atoms with Crippen LogP contribution in [0.15, 0.2) is 12.2 Å². The fourth-order valence-corrected chi connectivity index (χ4v) is 4.11. The summed E-state index contributed by atoms with van der Waals surface area (Å²) in [4.78, 5) is 41.6. The maximum atomic E-state index is 10.7. The van der Waals surface area contributed by atoms with Crippen molar-refractivity contribution in [3.8, 4) is 0 Å². The number of carbonyl (C=O) groups is 4. The lowest BCUT2D eigenvalue weighted by Gasteiger charge is -2.06. The molecule has 0 saturated carbocycles. The van der Waals surface area contributed by atoms with Gasteiger partial charge < -0.3 is 30.3 Å². The summed E-state index contributed by atoms with van der Waals surface area (Å²) >= 11 is 0. The second-order valence-corrected chi connectivity index (χ2v) is 11.3. The van der Waals surface area contributed by atoms with Crippen molar-refractivity contribution in [3.63, 3.8) is 0 Å². The van der Waals surface area contributed by atoms with Crippen LogP contribution in [0.3, 0.4) is 0 Å². The number of unbranched alkanes of at least 4 members (excludes halogenated alkanes) is 13. The van der Waals surface area contributed by atoms with Crippen molar-refractivity contribution in [2.75, 3.05) is 6.61 Å². The topological polar surface area (TPSA) is 169 Å². The maximum Gasteiger partial charge on any atom is 0.305 e. The van der Waals surface area contributed by atoms with Crippen LogP contribution in [0.2, 0.25) is 0 Å². The summed E-state index contributed by atoms with van der Waals surface area (Å²) in [6.07, 6.45) is 22.7. The van der Waals surface area contributed by atoms with Crippen molar-refractivity contribution in [3.05, 3.63) is 12.2 Å². The molecule has 0 spiro atoms. The normalized spacial score (nSPS) is 12.0. The van der Waals surface area contributed by atoms with E-state index in [-0.39, 0.29) is 30.5 Å². The number of Topliss-reactive ketones (excluding diaryl/α,β-unsaturated/α-hetero) is 1. The SMILES string of the molecule is CC(=O)CCCCCCCCC(=O)O.CCCCCCCCC(O)CC(=O)O.CC[C@H](O)CCCCC/C=C/C(=O)CO. The number of allylic oxidation sites excluding steroid dienone is 1. The van der Waals surface area contributed by atoms with Crippen LogP contribution < -0.4 is 0 Å². The van der Waals surface area contributed by atoms with E-state index in [1.807, 2.05) is 6.92 Å². The third kappa shape index (κ3) is 47.1. The third-order valence-electron chi connectivity index (χ3n) is 6.81. The quantitative estimate of drug-likeness (QED) is 0.0474. The zero-order valence-corrected chi connectivity index (χ0v) is 27.4. The number of aliphatic hydroxyl groups is 3. The van der Waals surface area contributed by atoms with Crippen LogP contribution in [0.4, 0.5) is 0 Å². The van der Waals surface area contributed by atoms with Crippen LogP contribution in [-0.2, 0) is 19.2 Å². The largest absolute Gasteiger partial charge is 0.481 e. The number of ketones is 2. The molecule has 9 heteroatoms.